The van der Waals surface area contributed by atoms with Crippen molar-refractivity contribution in [1.29, 1.82) is 0 Å². The summed E-state index contributed by atoms with van der Waals surface area (Å²) in [6.07, 6.45) is 5.60. The minimum Gasteiger partial charge on any atom is -0.443 e. The van der Waals surface area contributed by atoms with Crippen molar-refractivity contribution in [2.45, 2.75) is 46.5 Å². The summed E-state index contributed by atoms with van der Waals surface area (Å²) < 4.78 is 5.71. The van der Waals surface area contributed by atoms with Crippen LogP contribution in [0.1, 0.15) is 43.9 Å². The number of aromatic nitrogens is 2. The second-order valence-corrected chi connectivity index (χ2v) is 6.59. The van der Waals surface area contributed by atoms with E-state index in [0.717, 1.165) is 61.3 Å². The molecule has 1 amide bonds. The quantitative estimate of drug-likeness (QED) is 0.853. The van der Waals surface area contributed by atoms with Crippen molar-refractivity contribution in [2.24, 2.45) is 5.92 Å². The van der Waals surface area contributed by atoms with Gasteiger partial charge in [-0.3, -0.25) is 4.79 Å². The Morgan fingerprint density at radius 3 is 3.04 bits per heavy atom. The lowest BCUT2D eigenvalue weighted by molar-refractivity contribution is -0.125. The second kappa shape index (κ2) is 7.20. The first-order valence-electron chi connectivity index (χ1n) is 8.85. The smallest absolute Gasteiger partial charge is 0.231 e. The average Bonchev–Trinajstić information content (AvgIpc) is 2.89. The molecule has 2 aromatic rings. The maximum Gasteiger partial charge on any atom is 0.231 e. The van der Waals surface area contributed by atoms with Crippen molar-refractivity contribution in [3.63, 3.8) is 0 Å². The maximum atomic E-state index is 12.4. The molecule has 130 valence electrons. The van der Waals surface area contributed by atoms with Gasteiger partial charge in [0.25, 0.3) is 0 Å². The first-order chi connectivity index (χ1) is 11.6. The van der Waals surface area contributed by atoms with Gasteiger partial charge in [-0.05, 0) is 33.1 Å². The van der Waals surface area contributed by atoms with Crippen molar-refractivity contribution >= 4 is 22.8 Å². The number of rotatable bonds is 5. The summed E-state index contributed by atoms with van der Waals surface area (Å²) in [6, 6.07) is 0. The number of amides is 1. The standard InChI is InChI=1S/C18H26N4O2/c1-4-5-8-19-17(23)14-7-6-9-22(10-14)16-15-12(2)13(3)24-18(15)21-11-20-16/h11,14H,4-10H2,1-3H3,(H,19,23)/t14-/m1/s1. The van der Waals surface area contributed by atoms with Gasteiger partial charge in [-0.1, -0.05) is 13.3 Å². The van der Waals surface area contributed by atoms with Crippen molar-refractivity contribution < 1.29 is 9.21 Å². The van der Waals surface area contributed by atoms with E-state index in [0.29, 0.717) is 12.3 Å². The molecule has 6 nitrogen and oxygen atoms in total. The van der Waals surface area contributed by atoms with E-state index in [1.807, 2.05) is 13.8 Å². The van der Waals surface area contributed by atoms with Crippen LogP contribution in [0, 0.1) is 19.8 Å². The largest absolute Gasteiger partial charge is 0.443 e. The van der Waals surface area contributed by atoms with Gasteiger partial charge in [0.05, 0.1) is 11.3 Å². The molecular weight excluding hydrogens is 304 g/mol. The summed E-state index contributed by atoms with van der Waals surface area (Å²) >= 11 is 0. The van der Waals surface area contributed by atoms with Crippen LogP contribution in [0.25, 0.3) is 11.1 Å². The summed E-state index contributed by atoms with van der Waals surface area (Å²) in [5, 5.41) is 4.04. The van der Waals surface area contributed by atoms with Gasteiger partial charge in [0, 0.05) is 25.2 Å². The lowest BCUT2D eigenvalue weighted by Gasteiger charge is -2.33. The van der Waals surface area contributed by atoms with E-state index in [1.165, 1.54) is 0 Å². The van der Waals surface area contributed by atoms with Gasteiger partial charge in [-0.15, -0.1) is 0 Å². The molecule has 0 aliphatic carbocycles. The first kappa shape index (κ1) is 16.7. The fourth-order valence-electron chi connectivity index (χ4n) is 3.32. The number of furan rings is 1. The van der Waals surface area contributed by atoms with Gasteiger partial charge in [-0.2, -0.15) is 0 Å². The summed E-state index contributed by atoms with van der Waals surface area (Å²) in [6.45, 7) is 8.49. The van der Waals surface area contributed by atoms with E-state index < -0.39 is 0 Å². The van der Waals surface area contributed by atoms with Crippen LogP contribution in [0.2, 0.25) is 0 Å². The average molecular weight is 330 g/mol. The van der Waals surface area contributed by atoms with Crippen molar-refractivity contribution in [3.8, 4) is 0 Å². The zero-order chi connectivity index (χ0) is 17.1. The molecule has 0 saturated carbocycles. The highest BCUT2D eigenvalue weighted by Gasteiger charge is 2.28. The number of piperidine rings is 1. The fraction of sp³-hybridized carbons (Fsp3) is 0.611. The first-order valence-corrected chi connectivity index (χ1v) is 8.85. The summed E-state index contributed by atoms with van der Waals surface area (Å²) in [4.78, 5) is 23.3. The van der Waals surface area contributed by atoms with Crippen LogP contribution >= 0.6 is 0 Å². The molecule has 3 rings (SSSR count). The summed E-state index contributed by atoms with van der Waals surface area (Å²) in [5.74, 6) is 1.95. The van der Waals surface area contributed by atoms with Crippen LogP contribution in [-0.4, -0.2) is 35.5 Å². The van der Waals surface area contributed by atoms with Crippen molar-refractivity contribution in [2.75, 3.05) is 24.5 Å². The Balaban J connectivity index is 1.79. The summed E-state index contributed by atoms with van der Waals surface area (Å²) in [7, 11) is 0. The fourth-order valence-corrected chi connectivity index (χ4v) is 3.32. The molecule has 0 aromatic carbocycles. The van der Waals surface area contributed by atoms with Crippen LogP contribution in [-0.2, 0) is 4.79 Å². The van der Waals surface area contributed by atoms with Crippen LogP contribution < -0.4 is 10.2 Å². The van der Waals surface area contributed by atoms with E-state index in [9.17, 15) is 4.79 Å². The molecule has 1 atom stereocenters. The van der Waals surface area contributed by atoms with E-state index in [-0.39, 0.29) is 11.8 Å². The molecule has 0 spiro atoms. The van der Waals surface area contributed by atoms with E-state index in [1.54, 1.807) is 6.33 Å². The number of fused-ring (bicyclic) bond motifs is 1. The zero-order valence-electron chi connectivity index (χ0n) is 14.8. The van der Waals surface area contributed by atoms with E-state index in [4.69, 9.17) is 4.42 Å². The monoisotopic (exact) mass is 330 g/mol. The molecule has 1 saturated heterocycles. The Labute approximate surface area is 142 Å². The van der Waals surface area contributed by atoms with Gasteiger partial charge in [0.2, 0.25) is 11.6 Å². The highest BCUT2D eigenvalue weighted by atomic mass is 16.3. The van der Waals surface area contributed by atoms with Gasteiger partial charge in [-0.25, -0.2) is 9.97 Å². The molecule has 1 N–H and O–H groups in total. The third-order valence-corrected chi connectivity index (χ3v) is 4.87. The number of hydrogen-bond donors (Lipinski definition) is 1. The number of aryl methyl sites for hydroxylation is 2. The van der Waals surface area contributed by atoms with Gasteiger partial charge in [0.1, 0.15) is 17.9 Å². The number of hydrogen-bond acceptors (Lipinski definition) is 5. The van der Waals surface area contributed by atoms with Crippen LogP contribution in [0.4, 0.5) is 5.82 Å². The van der Waals surface area contributed by atoms with E-state index in [2.05, 4.69) is 27.1 Å². The van der Waals surface area contributed by atoms with Crippen LogP contribution in [0.15, 0.2) is 10.7 Å². The number of carbonyl (C=O) groups is 1. The number of carbonyl (C=O) groups excluding carboxylic acids is 1. The maximum absolute atomic E-state index is 12.4. The number of nitrogens with one attached hydrogen (secondary N) is 1. The zero-order valence-corrected chi connectivity index (χ0v) is 14.8. The Morgan fingerprint density at radius 2 is 2.25 bits per heavy atom. The molecule has 1 aliphatic heterocycles. The second-order valence-electron chi connectivity index (χ2n) is 6.59. The molecule has 6 heteroatoms. The van der Waals surface area contributed by atoms with Gasteiger partial charge >= 0.3 is 0 Å². The molecule has 2 aromatic heterocycles. The van der Waals surface area contributed by atoms with Crippen molar-refractivity contribution in [3.05, 3.63) is 17.7 Å². The minimum atomic E-state index is 0.0222. The number of unbranched alkanes of at least 4 members (excludes halogenated alkanes) is 1. The molecular formula is C18H26N4O2. The van der Waals surface area contributed by atoms with Crippen LogP contribution in [0.3, 0.4) is 0 Å². The number of anilines is 1. The van der Waals surface area contributed by atoms with Crippen molar-refractivity contribution in [1.82, 2.24) is 15.3 Å². The molecule has 3 heterocycles. The van der Waals surface area contributed by atoms with Gasteiger partial charge in [0.15, 0.2) is 0 Å². The molecule has 0 unspecified atom stereocenters. The Kier molecular flexibility index (Phi) is 5.02. The lowest BCUT2D eigenvalue weighted by Crippen LogP contribution is -2.43. The van der Waals surface area contributed by atoms with Crippen LogP contribution in [0.5, 0.6) is 0 Å². The SMILES string of the molecule is CCCCNC(=O)[C@@H]1CCCN(c2ncnc3oc(C)c(C)c23)C1. The predicted octanol–water partition coefficient (Wildman–Crippen LogP) is 2.97. The molecule has 1 aliphatic rings. The van der Waals surface area contributed by atoms with Gasteiger partial charge < -0.3 is 14.6 Å². The Bertz CT molecular complexity index is 725. The summed E-state index contributed by atoms with van der Waals surface area (Å²) in [5.41, 5.74) is 1.71. The minimum absolute atomic E-state index is 0.0222. The molecule has 0 radical (unpaired) electrons. The Morgan fingerprint density at radius 1 is 1.42 bits per heavy atom. The Hall–Kier alpha value is -2.11. The van der Waals surface area contributed by atoms with E-state index >= 15 is 0 Å². The third kappa shape index (κ3) is 3.23. The molecule has 24 heavy (non-hydrogen) atoms. The predicted molar refractivity (Wildman–Crippen MR) is 94.1 cm³/mol. The normalized spacial score (nSPS) is 18.1. The highest BCUT2D eigenvalue weighted by molar-refractivity contribution is 5.90. The third-order valence-electron chi connectivity index (χ3n) is 4.87. The topological polar surface area (TPSA) is 71.3 Å². The molecule has 0 bridgehead atoms. The number of nitrogens with zero attached hydrogens (tertiary/aromatic N) is 3. The lowest BCUT2D eigenvalue weighted by atomic mass is 9.96. The molecule has 1 fully saturated rings. The highest BCUT2D eigenvalue weighted by Crippen LogP contribution is 2.32.